The first kappa shape index (κ1) is 34.9. The quantitative estimate of drug-likeness (QED) is 0.156. The van der Waals surface area contributed by atoms with E-state index in [0.717, 1.165) is 57.3 Å². The molecule has 0 saturated carbocycles. The van der Waals surface area contributed by atoms with Crippen LogP contribution in [0.4, 0.5) is 11.4 Å². The number of hydrogen-bond acceptors (Lipinski definition) is 2. The molecule has 0 unspecified atom stereocenters. The Balaban J connectivity index is 0.945. The van der Waals surface area contributed by atoms with Crippen LogP contribution < -0.4 is 4.90 Å². The molecule has 0 radical (unpaired) electrons. The van der Waals surface area contributed by atoms with Crippen molar-refractivity contribution in [3.63, 3.8) is 0 Å². The molecule has 1 heterocycles. The summed E-state index contributed by atoms with van der Waals surface area (Å²) >= 11 is 0. The third kappa shape index (κ3) is 5.50. The van der Waals surface area contributed by atoms with Crippen LogP contribution in [-0.2, 0) is 0 Å². The van der Waals surface area contributed by atoms with Gasteiger partial charge in [-0.25, -0.2) is 0 Å². The Hall–Kier alpha value is -7.94. The molecule has 11 aromatic rings. The molecule has 0 spiro atoms. The van der Waals surface area contributed by atoms with Crippen molar-refractivity contribution in [3.05, 3.63) is 224 Å². The van der Waals surface area contributed by atoms with Crippen molar-refractivity contribution < 1.29 is 4.42 Å². The molecule has 1 aromatic heterocycles. The van der Waals surface area contributed by atoms with Crippen LogP contribution in [0.25, 0.3) is 104 Å². The summed E-state index contributed by atoms with van der Waals surface area (Å²) in [5.74, 6) is 0. The predicted octanol–water partition coefficient (Wildman–Crippen LogP) is 16.9. The number of nitrogens with zero attached hydrogens (tertiary/aromatic N) is 1. The maximum absolute atomic E-state index is 6.48. The normalized spacial score (nSPS) is 13.2. The molecular weight excluding hydrogens is 751 g/mol. The van der Waals surface area contributed by atoms with Crippen LogP contribution in [0.15, 0.2) is 222 Å². The molecule has 0 N–H and O–H groups in total. The number of hydrogen-bond donors (Lipinski definition) is 0. The van der Waals surface area contributed by atoms with Gasteiger partial charge in [-0.15, -0.1) is 0 Å². The van der Waals surface area contributed by atoms with E-state index in [1.807, 2.05) is 6.07 Å². The Bertz CT molecular complexity index is 3690. The summed E-state index contributed by atoms with van der Waals surface area (Å²) < 4.78 is 6.48. The van der Waals surface area contributed by atoms with Gasteiger partial charge in [0.2, 0.25) is 0 Å². The van der Waals surface area contributed by atoms with Crippen LogP contribution in [0.3, 0.4) is 0 Å². The molecule has 10 aromatic carbocycles. The van der Waals surface area contributed by atoms with Gasteiger partial charge in [-0.05, 0) is 150 Å². The molecule has 0 saturated heterocycles. The Morgan fingerprint density at radius 3 is 1.97 bits per heavy atom. The third-order valence-corrected chi connectivity index (χ3v) is 13.2. The van der Waals surface area contributed by atoms with Crippen molar-refractivity contribution in [2.45, 2.75) is 12.8 Å². The van der Waals surface area contributed by atoms with Gasteiger partial charge in [0.15, 0.2) is 0 Å². The summed E-state index contributed by atoms with van der Waals surface area (Å²) in [7, 11) is 0. The number of rotatable bonds is 6. The van der Waals surface area contributed by atoms with Crippen molar-refractivity contribution in [2.75, 3.05) is 4.90 Å². The molecule has 13 rings (SSSR count). The van der Waals surface area contributed by atoms with E-state index in [1.165, 1.54) is 82.5 Å². The minimum absolute atomic E-state index is 0.912. The highest BCUT2D eigenvalue weighted by Crippen LogP contribution is 2.49. The first-order chi connectivity index (χ1) is 30.7. The number of benzene rings is 10. The van der Waals surface area contributed by atoms with Crippen LogP contribution in [0.1, 0.15) is 18.4 Å². The first-order valence-electron chi connectivity index (χ1n) is 21.6. The van der Waals surface area contributed by atoms with E-state index in [0.29, 0.717) is 0 Å². The Labute approximate surface area is 359 Å². The molecule has 62 heavy (non-hydrogen) atoms. The monoisotopic (exact) mass is 789 g/mol. The Kier molecular flexibility index (Phi) is 7.77. The molecule has 0 amide bonds. The maximum Gasteiger partial charge on any atom is 0.143 e. The SMILES string of the molecule is C1=C(c2ccc3ccc4ccccc4c3c2)C=C(N(c2ccc(-c3cccc4c3oc3ccccc34)cc2)c2cccc(-c3cc4c5c(cccc5c3)-c3ccccc3-4)c2)CC1. The molecule has 2 heteroatoms. The van der Waals surface area contributed by atoms with Gasteiger partial charge >= 0.3 is 0 Å². The Morgan fingerprint density at radius 2 is 1.06 bits per heavy atom. The molecule has 0 bridgehead atoms. The van der Waals surface area contributed by atoms with Gasteiger partial charge in [-0.3, -0.25) is 0 Å². The van der Waals surface area contributed by atoms with Gasteiger partial charge in [0.25, 0.3) is 0 Å². The molecule has 2 nitrogen and oxygen atoms in total. The lowest BCUT2D eigenvalue weighted by molar-refractivity contribution is 0.670. The van der Waals surface area contributed by atoms with E-state index in [9.17, 15) is 0 Å². The van der Waals surface area contributed by atoms with Crippen molar-refractivity contribution in [1.82, 2.24) is 0 Å². The van der Waals surface area contributed by atoms with Crippen molar-refractivity contribution in [2.24, 2.45) is 0 Å². The van der Waals surface area contributed by atoms with E-state index in [2.05, 4.69) is 211 Å². The fourth-order valence-corrected chi connectivity index (χ4v) is 10.3. The van der Waals surface area contributed by atoms with Crippen LogP contribution in [0.5, 0.6) is 0 Å². The zero-order valence-corrected chi connectivity index (χ0v) is 34.0. The van der Waals surface area contributed by atoms with Crippen LogP contribution in [0.2, 0.25) is 0 Å². The fourth-order valence-electron chi connectivity index (χ4n) is 10.3. The van der Waals surface area contributed by atoms with Gasteiger partial charge in [0.05, 0.1) is 0 Å². The Morgan fingerprint density at radius 1 is 0.387 bits per heavy atom. The lowest BCUT2D eigenvalue weighted by Gasteiger charge is -2.30. The summed E-state index contributed by atoms with van der Waals surface area (Å²) in [6, 6.07) is 73.4. The minimum Gasteiger partial charge on any atom is -0.455 e. The largest absolute Gasteiger partial charge is 0.455 e. The summed E-state index contributed by atoms with van der Waals surface area (Å²) in [6.45, 7) is 0. The van der Waals surface area contributed by atoms with Gasteiger partial charge in [-0.2, -0.15) is 0 Å². The highest BCUT2D eigenvalue weighted by Gasteiger charge is 2.23. The van der Waals surface area contributed by atoms with E-state index in [-0.39, 0.29) is 0 Å². The summed E-state index contributed by atoms with van der Waals surface area (Å²) in [6.07, 6.45) is 6.70. The lowest BCUT2D eigenvalue weighted by atomic mass is 9.93. The van der Waals surface area contributed by atoms with Crippen LogP contribution in [0, 0.1) is 0 Å². The standard InChI is InChI=1S/C60H39NO/c1-2-17-49-38(11-1)25-26-40-27-28-43(36-56(40)49)41-12-7-15-47(34-41)61(46-31-29-39(30-32-46)50-21-10-23-55-53-20-5-6-24-58(53)62-60(50)55)48-16-8-13-42(35-48)45-33-44-14-9-22-54-51-18-3-4-19-52(51)57(37-45)59(44)54/h1-6,8-14,16-37H,7,15H2. The molecule has 0 aliphatic heterocycles. The molecule has 290 valence electrons. The van der Waals surface area contributed by atoms with Crippen molar-refractivity contribution in [1.29, 1.82) is 0 Å². The zero-order valence-electron chi connectivity index (χ0n) is 34.0. The second-order valence-corrected chi connectivity index (χ2v) is 16.7. The fraction of sp³-hybridized carbons (Fsp3) is 0.0333. The summed E-state index contributed by atoms with van der Waals surface area (Å²) in [4.78, 5) is 2.48. The van der Waals surface area contributed by atoms with Crippen LogP contribution >= 0.6 is 0 Å². The number of anilines is 2. The van der Waals surface area contributed by atoms with Gasteiger partial charge < -0.3 is 9.32 Å². The average molecular weight is 790 g/mol. The lowest BCUT2D eigenvalue weighted by Crippen LogP contribution is -2.18. The van der Waals surface area contributed by atoms with E-state index in [1.54, 1.807) is 0 Å². The first-order valence-corrected chi connectivity index (χ1v) is 21.6. The number of allylic oxidation sites excluding steroid dienone is 4. The number of fused-ring (bicyclic) bond motifs is 9. The second-order valence-electron chi connectivity index (χ2n) is 16.7. The molecule has 2 aliphatic carbocycles. The summed E-state index contributed by atoms with van der Waals surface area (Å²) in [5, 5.41) is 10.0. The highest BCUT2D eigenvalue weighted by molar-refractivity contribution is 6.16. The van der Waals surface area contributed by atoms with Gasteiger partial charge in [0.1, 0.15) is 11.2 Å². The van der Waals surface area contributed by atoms with Crippen LogP contribution in [-0.4, -0.2) is 0 Å². The highest BCUT2D eigenvalue weighted by atomic mass is 16.3. The smallest absolute Gasteiger partial charge is 0.143 e. The van der Waals surface area contributed by atoms with Gasteiger partial charge in [-0.1, -0.05) is 158 Å². The van der Waals surface area contributed by atoms with Crippen molar-refractivity contribution in [3.8, 4) is 44.5 Å². The number of para-hydroxylation sites is 2. The molecule has 0 fully saturated rings. The second kappa shape index (κ2) is 13.8. The number of furan rings is 1. The van der Waals surface area contributed by atoms with E-state index in [4.69, 9.17) is 4.42 Å². The summed E-state index contributed by atoms with van der Waals surface area (Å²) in [5.41, 5.74) is 17.8. The average Bonchev–Trinajstić information content (AvgIpc) is 3.88. The third-order valence-electron chi connectivity index (χ3n) is 13.2. The van der Waals surface area contributed by atoms with Crippen molar-refractivity contribution >= 4 is 71.2 Å². The van der Waals surface area contributed by atoms with Gasteiger partial charge in [0, 0.05) is 33.4 Å². The molecular formula is C60H39NO. The van der Waals surface area contributed by atoms with E-state index < -0.39 is 0 Å². The molecule has 0 atom stereocenters. The predicted molar refractivity (Wildman–Crippen MR) is 262 cm³/mol. The maximum atomic E-state index is 6.48. The zero-order chi connectivity index (χ0) is 40.7. The minimum atomic E-state index is 0.912. The molecule has 2 aliphatic rings. The topological polar surface area (TPSA) is 16.4 Å². The van der Waals surface area contributed by atoms with E-state index >= 15 is 0 Å².